The Bertz CT molecular complexity index is 511. The van der Waals surface area contributed by atoms with Gasteiger partial charge in [0.05, 0.1) is 0 Å². The number of guanidine groups is 1. The molecule has 0 radical (unpaired) electrons. The quantitative estimate of drug-likeness (QED) is 0.455. The summed E-state index contributed by atoms with van der Waals surface area (Å²) in [6, 6.07) is 9.20. The lowest BCUT2D eigenvalue weighted by atomic mass is 9.93. The molecule has 0 bridgehead atoms. The Hall–Kier alpha value is -0.980. The van der Waals surface area contributed by atoms with Crippen molar-refractivity contribution in [2.75, 3.05) is 25.0 Å². The van der Waals surface area contributed by atoms with Gasteiger partial charge in [0.25, 0.3) is 0 Å². The van der Waals surface area contributed by atoms with Gasteiger partial charge in [0, 0.05) is 37.8 Å². The first-order valence-electron chi connectivity index (χ1n) is 8.08. The van der Waals surface area contributed by atoms with Crippen LogP contribution in [-0.2, 0) is 6.42 Å². The number of benzene rings is 1. The lowest BCUT2D eigenvalue weighted by molar-refractivity contribution is 0.513. The van der Waals surface area contributed by atoms with Crippen LogP contribution in [0.3, 0.4) is 0 Å². The summed E-state index contributed by atoms with van der Waals surface area (Å²) >= 11 is 0. The predicted octanol–water partition coefficient (Wildman–Crippen LogP) is 2.76. The topological polar surface area (TPSA) is 53.6 Å². The van der Waals surface area contributed by atoms with Crippen molar-refractivity contribution in [3.05, 3.63) is 29.8 Å². The molecule has 3 rings (SSSR count). The molecular weight excluding hydrogens is 387 g/mol. The molecule has 0 saturated heterocycles. The van der Waals surface area contributed by atoms with Crippen LogP contribution in [0.2, 0.25) is 0 Å². The summed E-state index contributed by atoms with van der Waals surface area (Å²) in [6.07, 6.45) is 6.19. The minimum Gasteiger partial charge on any atom is -0.374 e. The highest BCUT2D eigenvalue weighted by atomic mass is 127. The van der Waals surface area contributed by atoms with Crippen LogP contribution in [0, 0.1) is 5.92 Å². The molecule has 1 aliphatic heterocycles. The Labute approximate surface area is 150 Å². The lowest BCUT2D eigenvalue weighted by Crippen LogP contribution is -2.40. The molecule has 1 heterocycles. The summed E-state index contributed by atoms with van der Waals surface area (Å²) < 4.78 is 0. The first-order chi connectivity index (χ1) is 10.2. The first-order valence-corrected chi connectivity index (χ1v) is 8.08. The van der Waals surface area contributed by atoms with Crippen molar-refractivity contribution < 1.29 is 0 Å². The summed E-state index contributed by atoms with van der Waals surface area (Å²) in [5.74, 6) is 1.18. The van der Waals surface area contributed by atoms with Gasteiger partial charge in [-0.25, -0.2) is 0 Å². The number of para-hydroxylation sites is 1. The number of hydrogen-bond acceptors (Lipinski definition) is 2. The molecule has 0 aromatic heterocycles. The highest BCUT2D eigenvalue weighted by Crippen LogP contribution is 2.28. The van der Waals surface area contributed by atoms with E-state index < -0.39 is 0 Å². The number of anilines is 1. The van der Waals surface area contributed by atoms with Crippen LogP contribution >= 0.6 is 24.0 Å². The van der Waals surface area contributed by atoms with E-state index >= 15 is 0 Å². The van der Waals surface area contributed by atoms with Gasteiger partial charge < -0.3 is 16.0 Å². The molecule has 3 N–H and O–H groups in total. The molecule has 1 saturated carbocycles. The molecule has 1 aliphatic carbocycles. The largest absolute Gasteiger partial charge is 0.374 e. The summed E-state index contributed by atoms with van der Waals surface area (Å²) in [5, 5.41) is 3.36. The number of fused-ring (bicyclic) bond motifs is 1. The summed E-state index contributed by atoms with van der Waals surface area (Å²) in [7, 11) is 2.16. The van der Waals surface area contributed by atoms with Gasteiger partial charge in [-0.1, -0.05) is 31.0 Å². The molecule has 2 aliphatic rings. The maximum Gasteiger partial charge on any atom is 0.188 e. The SMILES string of the molecule is CN1CC(CN=C(N)NC2CCCC2)Cc2ccccc21.I. The molecule has 22 heavy (non-hydrogen) atoms. The van der Waals surface area contributed by atoms with Crippen molar-refractivity contribution in [3.63, 3.8) is 0 Å². The number of rotatable bonds is 3. The van der Waals surface area contributed by atoms with Gasteiger partial charge >= 0.3 is 0 Å². The van der Waals surface area contributed by atoms with Gasteiger partial charge in [-0.05, 0) is 30.9 Å². The van der Waals surface area contributed by atoms with E-state index in [9.17, 15) is 0 Å². The van der Waals surface area contributed by atoms with Crippen molar-refractivity contribution >= 4 is 35.6 Å². The van der Waals surface area contributed by atoms with Gasteiger partial charge in [-0.3, -0.25) is 4.99 Å². The highest BCUT2D eigenvalue weighted by Gasteiger charge is 2.21. The average Bonchev–Trinajstić information content (AvgIpc) is 2.98. The van der Waals surface area contributed by atoms with Crippen molar-refractivity contribution in [1.29, 1.82) is 0 Å². The standard InChI is InChI=1S/C17H26N4.HI/c1-21-12-13(10-14-6-2-5-9-16(14)21)11-19-17(18)20-15-7-3-4-8-15;/h2,5-6,9,13,15H,3-4,7-8,10-12H2,1H3,(H3,18,19,20);1H. The third-order valence-corrected chi connectivity index (χ3v) is 4.67. The van der Waals surface area contributed by atoms with E-state index in [1.165, 1.54) is 36.9 Å². The molecular formula is C17H27IN4. The van der Waals surface area contributed by atoms with Crippen molar-refractivity contribution in [2.45, 2.75) is 38.1 Å². The molecule has 0 spiro atoms. The molecule has 1 fully saturated rings. The Morgan fingerprint density at radius 2 is 2.05 bits per heavy atom. The number of nitrogens with zero attached hydrogens (tertiary/aromatic N) is 2. The van der Waals surface area contributed by atoms with Crippen LogP contribution in [-0.4, -0.2) is 32.1 Å². The predicted molar refractivity (Wildman–Crippen MR) is 104 cm³/mol. The first kappa shape index (κ1) is 17.4. The molecule has 1 aromatic rings. The highest BCUT2D eigenvalue weighted by molar-refractivity contribution is 14.0. The minimum absolute atomic E-state index is 0. The maximum atomic E-state index is 6.03. The Morgan fingerprint density at radius 3 is 2.82 bits per heavy atom. The van der Waals surface area contributed by atoms with Gasteiger partial charge in [-0.15, -0.1) is 24.0 Å². The van der Waals surface area contributed by atoms with Crippen molar-refractivity contribution in [2.24, 2.45) is 16.6 Å². The smallest absolute Gasteiger partial charge is 0.188 e. The fourth-order valence-electron chi connectivity index (χ4n) is 3.59. The molecule has 1 unspecified atom stereocenters. The zero-order valence-electron chi connectivity index (χ0n) is 13.3. The van der Waals surface area contributed by atoms with E-state index in [1.54, 1.807) is 0 Å². The second-order valence-corrected chi connectivity index (χ2v) is 6.43. The third kappa shape index (κ3) is 4.27. The second-order valence-electron chi connectivity index (χ2n) is 6.43. The van der Waals surface area contributed by atoms with Crippen LogP contribution in [0.5, 0.6) is 0 Å². The zero-order valence-corrected chi connectivity index (χ0v) is 15.6. The average molecular weight is 414 g/mol. The number of nitrogens with two attached hydrogens (primary N) is 1. The Kier molecular flexibility index (Phi) is 6.35. The van der Waals surface area contributed by atoms with E-state index in [4.69, 9.17) is 5.73 Å². The number of halogens is 1. The van der Waals surface area contributed by atoms with E-state index in [-0.39, 0.29) is 24.0 Å². The number of nitrogens with one attached hydrogen (secondary N) is 1. The molecule has 1 aromatic carbocycles. The normalized spacial score (nSPS) is 22.1. The van der Waals surface area contributed by atoms with Crippen LogP contribution in [0.15, 0.2) is 29.3 Å². The monoisotopic (exact) mass is 414 g/mol. The maximum absolute atomic E-state index is 6.03. The Balaban J connectivity index is 0.00000176. The van der Waals surface area contributed by atoms with Crippen LogP contribution < -0.4 is 16.0 Å². The van der Waals surface area contributed by atoms with E-state index in [0.717, 1.165) is 19.5 Å². The summed E-state index contributed by atoms with van der Waals surface area (Å²) in [5.41, 5.74) is 8.81. The van der Waals surface area contributed by atoms with Crippen molar-refractivity contribution in [3.8, 4) is 0 Å². The van der Waals surface area contributed by atoms with E-state index in [0.29, 0.717) is 17.9 Å². The summed E-state index contributed by atoms with van der Waals surface area (Å²) in [4.78, 5) is 6.91. The summed E-state index contributed by atoms with van der Waals surface area (Å²) in [6.45, 7) is 1.86. The lowest BCUT2D eigenvalue weighted by Gasteiger charge is -2.32. The van der Waals surface area contributed by atoms with Crippen LogP contribution in [0.4, 0.5) is 5.69 Å². The third-order valence-electron chi connectivity index (χ3n) is 4.67. The van der Waals surface area contributed by atoms with Gasteiger partial charge in [-0.2, -0.15) is 0 Å². The van der Waals surface area contributed by atoms with E-state index in [1.807, 2.05) is 0 Å². The zero-order chi connectivity index (χ0) is 14.7. The number of hydrogen-bond donors (Lipinski definition) is 2. The second kappa shape index (κ2) is 8.04. The van der Waals surface area contributed by atoms with Gasteiger partial charge in [0.2, 0.25) is 0 Å². The van der Waals surface area contributed by atoms with Crippen LogP contribution in [0.1, 0.15) is 31.2 Å². The van der Waals surface area contributed by atoms with Gasteiger partial charge in [0.15, 0.2) is 5.96 Å². The molecule has 1 atom stereocenters. The van der Waals surface area contributed by atoms with Crippen LogP contribution in [0.25, 0.3) is 0 Å². The molecule has 0 amide bonds. The fourth-order valence-corrected chi connectivity index (χ4v) is 3.59. The van der Waals surface area contributed by atoms with E-state index in [2.05, 4.69) is 46.5 Å². The van der Waals surface area contributed by atoms with Crippen molar-refractivity contribution in [1.82, 2.24) is 5.32 Å². The fraction of sp³-hybridized carbons (Fsp3) is 0.588. The molecule has 4 nitrogen and oxygen atoms in total. The number of aliphatic imine (C=N–C) groups is 1. The van der Waals surface area contributed by atoms with Gasteiger partial charge in [0.1, 0.15) is 0 Å². The molecule has 122 valence electrons. The Morgan fingerprint density at radius 1 is 1.32 bits per heavy atom. The molecule has 5 heteroatoms. The minimum atomic E-state index is 0.